The van der Waals surface area contributed by atoms with Gasteiger partial charge in [0.1, 0.15) is 80.7 Å². The molecule has 4 N–H and O–H groups in total. The van der Waals surface area contributed by atoms with Crippen molar-refractivity contribution in [1.29, 1.82) is 0 Å². The van der Waals surface area contributed by atoms with Crippen LogP contribution < -0.4 is 29.6 Å². The maximum Gasteiger partial charge on any atom is 0.341 e. The van der Waals surface area contributed by atoms with Crippen molar-refractivity contribution in [3.63, 3.8) is 0 Å². The normalized spacial score (nSPS) is 10.0. The topological polar surface area (TPSA) is 291 Å². The van der Waals surface area contributed by atoms with E-state index in [2.05, 4.69) is 15.4 Å². The van der Waals surface area contributed by atoms with Gasteiger partial charge in [-0.1, -0.05) is 69.8 Å². The molecule has 8 aromatic rings. The number of allylic oxidation sites excluding steroid dienone is 3. The van der Waals surface area contributed by atoms with Crippen molar-refractivity contribution in [2.45, 2.75) is 87.5 Å². The number of aliphatic hydroxyl groups is 1. The molecule has 112 heavy (non-hydrogen) atoms. The van der Waals surface area contributed by atoms with Crippen LogP contribution in [-0.2, 0) is 77.9 Å². The van der Waals surface area contributed by atoms with Gasteiger partial charge in [0.25, 0.3) is 11.8 Å². The average Bonchev–Trinajstić information content (AvgIpc) is 0.828. The number of aliphatic hydroxyl groups excluding tert-OH is 1. The van der Waals surface area contributed by atoms with E-state index in [-0.39, 0.29) is 195 Å². The van der Waals surface area contributed by atoms with Crippen LogP contribution in [0, 0.1) is 77.7 Å². The third-order valence-corrected chi connectivity index (χ3v) is 14.0. The summed E-state index contributed by atoms with van der Waals surface area (Å²) in [7, 11) is 1.17. The van der Waals surface area contributed by atoms with E-state index in [4.69, 9.17) is 45.5 Å². The summed E-state index contributed by atoms with van der Waals surface area (Å²) in [5.74, 6) is -12.1. The number of hydrogen-bond acceptors (Lipinski definition) is 17. The molecular weight excluding hydrogens is 1940 g/mol. The van der Waals surface area contributed by atoms with Gasteiger partial charge < -0.3 is 49.3 Å². The molecule has 20 nitrogen and oxygen atoms in total. The second-order valence-electron chi connectivity index (χ2n) is 22.2. The fourth-order valence-electron chi connectivity index (χ4n) is 9.13. The summed E-state index contributed by atoms with van der Waals surface area (Å²) in [4.78, 5) is 114. The molecule has 0 heterocycles. The Bertz CT molecular complexity index is 4630. The van der Waals surface area contributed by atoms with Gasteiger partial charge in [0.15, 0.2) is 0 Å². The molecule has 0 spiro atoms. The zero-order valence-electron chi connectivity index (χ0n) is 60.4. The summed E-state index contributed by atoms with van der Waals surface area (Å²) in [6.07, 6.45) is 10.4. The molecule has 0 aromatic heterocycles. The molecule has 0 aliphatic rings. The molecule has 0 saturated heterocycles. The van der Waals surface area contributed by atoms with Crippen molar-refractivity contribution in [1.82, 2.24) is 10.6 Å². The molecular formula is C80H77ClF8N2O18UVW. The fraction of sp³-hybridized carbons (Fsp3) is 0.225. The van der Waals surface area contributed by atoms with E-state index in [1.165, 1.54) is 119 Å². The first-order valence-electron chi connectivity index (χ1n) is 32.6. The molecule has 0 atom stereocenters. The number of methoxy groups -OCH3 is 1. The van der Waals surface area contributed by atoms with Gasteiger partial charge >= 0.3 is 41.8 Å². The fourth-order valence-corrected chi connectivity index (χ4v) is 9.22. The van der Waals surface area contributed by atoms with Crippen LogP contribution in [0.15, 0.2) is 170 Å². The van der Waals surface area contributed by atoms with E-state index in [1.54, 1.807) is 12.2 Å². The summed E-state index contributed by atoms with van der Waals surface area (Å²) in [5, 5.41) is 22.8. The molecule has 1 radical (unpaired) electrons. The first kappa shape index (κ1) is 102. The van der Waals surface area contributed by atoms with E-state index in [9.17, 15) is 83.1 Å². The van der Waals surface area contributed by atoms with Crippen LogP contribution in [-0.4, -0.2) is 102 Å². The van der Waals surface area contributed by atoms with E-state index in [1.807, 2.05) is 26.0 Å². The number of hydrogen-bond donors (Lipinski definition) is 4. The summed E-state index contributed by atoms with van der Waals surface area (Å²) in [6, 6.07) is 28.7. The maximum atomic E-state index is 14.2. The Balaban J connectivity index is 0.00000142. The van der Waals surface area contributed by atoms with Gasteiger partial charge in [0.2, 0.25) is 5.24 Å². The van der Waals surface area contributed by atoms with Crippen LogP contribution in [0.25, 0.3) is 44.5 Å². The SMILES string of the molecule is C.CC(=O)Oc1ccc(-c2ccc(F)cc2F)cc1C(=O)NCCCO.CC(=O)Oc1ccc(-c2ccc(F)cc2F)cc1C(=O)O.CC/C=C\CC(=O)Cl.CC/C=C\CC(=O)OCCCNC(=O)c1cc(-c2ccc(F)cc2F)ccc1OC(C)=O.COC(=O)c1cc(-c2ccc(F)cc2F)ccc1OC(C)=O.[U].[V].[W]. The van der Waals surface area contributed by atoms with Gasteiger partial charge in [-0.05, 0) is 157 Å². The van der Waals surface area contributed by atoms with Crippen LogP contribution in [0.2, 0.25) is 0 Å². The monoisotopic (exact) mass is 2010 g/mol. The van der Waals surface area contributed by atoms with Crippen molar-refractivity contribution in [2.75, 3.05) is 33.4 Å². The molecule has 0 aliphatic heterocycles. The Kier molecular flexibility index (Phi) is 48.5. The summed E-state index contributed by atoms with van der Waals surface area (Å²) < 4.78 is 137. The van der Waals surface area contributed by atoms with Gasteiger partial charge in [-0.25, -0.2) is 44.7 Å². The smallest absolute Gasteiger partial charge is 0.341 e. The van der Waals surface area contributed by atoms with Gasteiger partial charge in [-0.3, -0.25) is 38.4 Å². The number of carboxylic acids is 1. The zero-order valence-corrected chi connectivity index (χ0v) is 69.7. The van der Waals surface area contributed by atoms with Crippen molar-refractivity contribution >= 4 is 70.4 Å². The number of amides is 2. The molecule has 2 amide bonds. The first-order chi connectivity index (χ1) is 51.3. The number of nitrogens with one attached hydrogen (secondary N) is 2. The zero-order chi connectivity index (χ0) is 80.2. The van der Waals surface area contributed by atoms with Crippen LogP contribution in [0.1, 0.15) is 129 Å². The first-order valence-corrected chi connectivity index (χ1v) is 32.9. The Morgan fingerprint density at radius 3 is 1.04 bits per heavy atom. The van der Waals surface area contributed by atoms with Gasteiger partial charge in [-0.2, -0.15) is 0 Å². The number of rotatable bonds is 25. The number of carboxylic acid groups (broad SMARTS) is 1. The predicted molar refractivity (Wildman–Crippen MR) is 388 cm³/mol. The number of halogens is 9. The largest absolute Gasteiger partial charge is 0.478 e. The van der Waals surface area contributed by atoms with Crippen molar-refractivity contribution in [3.05, 3.63) is 239 Å². The van der Waals surface area contributed by atoms with Crippen LogP contribution in [0.3, 0.4) is 0 Å². The minimum absolute atomic E-state index is 0. The minimum Gasteiger partial charge on any atom is -0.478 e. The molecule has 593 valence electrons. The van der Waals surface area contributed by atoms with Crippen molar-refractivity contribution in [3.8, 4) is 67.5 Å². The maximum absolute atomic E-state index is 14.2. The van der Waals surface area contributed by atoms with Crippen LogP contribution in [0.4, 0.5) is 35.1 Å². The van der Waals surface area contributed by atoms with E-state index < -0.39 is 94.2 Å². The summed E-state index contributed by atoms with van der Waals surface area (Å²) >= 11 is 5.02. The molecule has 0 saturated carbocycles. The van der Waals surface area contributed by atoms with E-state index in [0.29, 0.717) is 42.0 Å². The molecule has 0 aliphatic carbocycles. The summed E-state index contributed by atoms with van der Waals surface area (Å²) in [6.45, 7) is 9.16. The standard InChI is InChI=1S/C24H25F2NO5.C18H17F2NO4.C16H12F2O4.C15H10F2O4.C6H9ClO.CH4.U.V.W/c1-3-4-5-7-23(29)31-13-6-12-27-24(30)20-14-17(8-11-22(20)32-16(2)28)19-10-9-18(25)15-21(19)26;1-11(23)25-17-6-3-12(14-5-4-13(19)10-16(14)20)9-15(17)18(24)21-7-2-8-22;1-9(19)22-15-6-3-10(7-13(15)16(20)21-2)12-5-4-11(17)8-14(12)18;1-8(18)21-14-5-2-9(6-12(14)15(19)20)11-4-3-10(16)7-13(11)17;1-2-3-4-5-6(7)8;;;;/h4-5,8-11,14-15H,3,6-7,12-13H2,1-2H3,(H,27,30);3-6,9-10,22H,2,7-8H2,1H3,(H,21,24);3-8H,1-2H3;2-7H,1H3,(H,19,20);3-4H,2,5H2,1H3;1H4;;;/b5-4-;;;;4-3-;;;;. The van der Waals surface area contributed by atoms with Gasteiger partial charge in [0, 0.05) is 171 Å². The third kappa shape index (κ3) is 35.2. The number of carbonyl (C=O) groups is 10. The van der Waals surface area contributed by atoms with E-state index >= 15 is 0 Å². The van der Waals surface area contributed by atoms with Crippen LogP contribution >= 0.6 is 11.6 Å². The van der Waals surface area contributed by atoms with Crippen LogP contribution in [0.5, 0.6) is 23.0 Å². The molecule has 32 heteroatoms. The number of esters is 6. The second kappa shape index (κ2) is 53.2. The Morgan fingerprint density at radius 1 is 0.438 bits per heavy atom. The van der Waals surface area contributed by atoms with E-state index in [0.717, 1.165) is 68.3 Å². The predicted octanol–water partition coefficient (Wildman–Crippen LogP) is 16.6. The summed E-state index contributed by atoms with van der Waals surface area (Å²) in [5.41, 5.74) is 1.32. The average molecular weight is 2010 g/mol. The van der Waals surface area contributed by atoms with Gasteiger partial charge in [0.05, 0.1) is 31.3 Å². The second-order valence-corrected chi connectivity index (χ2v) is 22.6. The number of carbonyl (C=O) groups excluding carboxylic acids is 9. The molecule has 8 aromatic carbocycles. The minimum atomic E-state index is -1.32. The Labute approximate surface area is 695 Å². The molecule has 0 unspecified atom stereocenters. The van der Waals surface area contributed by atoms with Crippen molar-refractivity contribution < 1.29 is 192 Å². The van der Waals surface area contributed by atoms with Crippen molar-refractivity contribution in [2.24, 2.45) is 0 Å². The Morgan fingerprint density at radius 2 is 0.741 bits per heavy atom. The number of benzene rings is 8. The Hall–Kier alpha value is -9.85. The molecule has 0 fully saturated rings. The third-order valence-electron chi connectivity index (χ3n) is 13.9. The quantitative estimate of drug-likeness (QED) is 0.0103. The molecule has 8 rings (SSSR count). The molecule has 0 bridgehead atoms. The van der Waals surface area contributed by atoms with Gasteiger partial charge in [-0.15, -0.1) is 0 Å². The number of ether oxygens (including phenoxy) is 6. The number of aromatic carboxylic acids is 1.